The third-order valence-electron chi connectivity index (χ3n) is 8.56. The highest BCUT2D eigenvalue weighted by atomic mass is 15.1. The molecule has 6 aromatic heterocycles. The Bertz CT molecular complexity index is 2520. The van der Waals surface area contributed by atoms with E-state index < -0.39 is 0 Å². The number of pyridine rings is 5. The molecule has 0 saturated carbocycles. The average Bonchev–Trinajstić information content (AvgIpc) is 3.54. The number of rotatable bonds is 5. The molecule has 0 amide bonds. The Kier molecular flexibility index (Phi) is 6.35. The predicted molar refractivity (Wildman–Crippen MR) is 189 cm³/mol. The molecule has 0 aliphatic heterocycles. The molecule has 0 N–H and O–H groups in total. The lowest BCUT2D eigenvalue weighted by Crippen LogP contribution is -1.93. The van der Waals surface area contributed by atoms with Crippen molar-refractivity contribution >= 4 is 27.6 Å². The van der Waals surface area contributed by atoms with Crippen LogP contribution in [0.25, 0.3) is 83.6 Å². The molecule has 0 saturated heterocycles. The van der Waals surface area contributed by atoms with Gasteiger partial charge in [0.1, 0.15) is 11.2 Å². The second kappa shape index (κ2) is 11.1. The maximum absolute atomic E-state index is 5.22. The molecule has 0 atom stereocenters. The minimum atomic E-state index is 0.855. The highest BCUT2D eigenvalue weighted by molar-refractivity contribution is 6.09. The number of nitrogens with zero attached hydrogens (tertiary/aromatic N) is 6. The molecular formula is C41H26N6. The normalized spacial score (nSPS) is 11.4. The average molecular weight is 603 g/mol. The molecule has 0 aliphatic carbocycles. The molecule has 220 valence electrons. The van der Waals surface area contributed by atoms with Gasteiger partial charge in [0.2, 0.25) is 0 Å². The molecule has 47 heavy (non-hydrogen) atoms. The van der Waals surface area contributed by atoms with E-state index >= 15 is 0 Å². The minimum absolute atomic E-state index is 0.855. The molecule has 0 fully saturated rings. The van der Waals surface area contributed by atoms with Crippen LogP contribution in [0.2, 0.25) is 0 Å². The lowest BCUT2D eigenvalue weighted by Gasteiger charge is -2.12. The third kappa shape index (κ3) is 4.80. The fourth-order valence-corrected chi connectivity index (χ4v) is 6.30. The molecule has 0 aliphatic rings. The summed E-state index contributed by atoms with van der Waals surface area (Å²) >= 11 is 0. The summed E-state index contributed by atoms with van der Waals surface area (Å²) < 4.78 is 2.06. The maximum Gasteiger partial charge on any atom is 0.165 e. The van der Waals surface area contributed by atoms with Crippen LogP contribution in [0.15, 0.2) is 158 Å². The quantitative estimate of drug-likeness (QED) is 0.196. The SMILES string of the molecule is c1cc(-c2cccc(-c3nc4c(nc5ccccn54)c4ccccc34)c2)cc(-c2cc(-c3cccnc3)nc(-c3cccnc3)c2)c1. The number of imidazole rings is 1. The first kappa shape index (κ1) is 26.8. The molecule has 9 rings (SSSR count). The van der Waals surface area contributed by atoms with E-state index in [2.05, 4.69) is 99.3 Å². The van der Waals surface area contributed by atoms with Crippen LogP contribution in [0.5, 0.6) is 0 Å². The molecule has 0 unspecified atom stereocenters. The van der Waals surface area contributed by atoms with E-state index in [1.165, 1.54) is 0 Å². The van der Waals surface area contributed by atoms with Gasteiger partial charge in [-0.2, -0.15) is 0 Å². The minimum Gasteiger partial charge on any atom is -0.284 e. The first-order valence-electron chi connectivity index (χ1n) is 15.5. The second-order valence-electron chi connectivity index (χ2n) is 11.5. The van der Waals surface area contributed by atoms with Gasteiger partial charge in [-0.05, 0) is 82.9 Å². The highest BCUT2D eigenvalue weighted by Gasteiger charge is 2.16. The number of hydrogen-bond donors (Lipinski definition) is 0. The molecule has 6 heteroatoms. The Labute approximate surface area is 270 Å². The Hall–Kier alpha value is -6.53. The van der Waals surface area contributed by atoms with Crippen molar-refractivity contribution in [3.63, 3.8) is 0 Å². The highest BCUT2D eigenvalue weighted by Crippen LogP contribution is 2.36. The van der Waals surface area contributed by atoms with Crippen LogP contribution in [0, 0.1) is 0 Å². The van der Waals surface area contributed by atoms with Crippen LogP contribution in [-0.2, 0) is 0 Å². The van der Waals surface area contributed by atoms with Gasteiger partial charge in [-0.15, -0.1) is 0 Å². The third-order valence-corrected chi connectivity index (χ3v) is 8.56. The summed E-state index contributed by atoms with van der Waals surface area (Å²) in [4.78, 5) is 23.8. The van der Waals surface area contributed by atoms with Gasteiger partial charge in [0, 0.05) is 58.4 Å². The summed E-state index contributed by atoms with van der Waals surface area (Å²) in [6, 6.07) is 44.0. The standard InChI is InChI=1S/C41H26N6/c1-2-16-35-34(15-1)39(46-41-40(35)45-38-17-3-4-20-47(38)41)30-12-6-10-28(22-30)27-9-5-11-29(21-27)33-23-36(31-13-7-18-42-25-31)44-37(24-33)32-14-8-19-43-26-32/h1-26H. The molecule has 3 aromatic carbocycles. The zero-order valence-electron chi connectivity index (χ0n) is 25.2. The number of aromatic nitrogens is 6. The van der Waals surface area contributed by atoms with Crippen LogP contribution < -0.4 is 0 Å². The van der Waals surface area contributed by atoms with Crippen molar-refractivity contribution in [2.45, 2.75) is 0 Å². The van der Waals surface area contributed by atoms with Gasteiger partial charge in [0.15, 0.2) is 5.65 Å². The Balaban J connectivity index is 1.17. The van der Waals surface area contributed by atoms with Crippen molar-refractivity contribution in [2.75, 3.05) is 0 Å². The van der Waals surface area contributed by atoms with Crippen molar-refractivity contribution in [2.24, 2.45) is 0 Å². The van der Waals surface area contributed by atoms with Crippen LogP contribution in [0.3, 0.4) is 0 Å². The molecular weight excluding hydrogens is 576 g/mol. The first-order valence-corrected chi connectivity index (χ1v) is 15.5. The number of hydrogen-bond acceptors (Lipinski definition) is 5. The summed E-state index contributed by atoms with van der Waals surface area (Å²) in [7, 11) is 0. The zero-order valence-corrected chi connectivity index (χ0v) is 25.2. The van der Waals surface area contributed by atoms with Crippen LogP contribution >= 0.6 is 0 Å². The molecule has 6 nitrogen and oxygen atoms in total. The van der Waals surface area contributed by atoms with E-state index in [-0.39, 0.29) is 0 Å². The van der Waals surface area contributed by atoms with Gasteiger partial charge in [-0.1, -0.05) is 66.7 Å². The van der Waals surface area contributed by atoms with Crippen LogP contribution in [0.4, 0.5) is 0 Å². The van der Waals surface area contributed by atoms with Crippen molar-refractivity contribution in [1.29, 1.82) is 0 Å². The maximum atomic E-state index is 5.22. The summed E-state index contributed by atoms with van der Waals surface area (Å²) in [6.45, 7) is 0. The summed E-state index contributed by atoms with van der Waals surface area (Å²) in [5.74, 6) is 0. The van der Waals surface area contributed by atoms with Crippen LogP contribution in [-0.4, -0.2) is 29.3 Å². The van der Waals surface area contributed by atoms with Gasteiger partial charge < -0.3 is 0 Å². The predicted octanol–water partition coefficient (Wildman–Crippen LogP) is 9.56. The molecule has 0 spiro atoms. The molecule has 6 heterocycles. The monoisotopic (exact) mass is 602 g/mol. The lowest BCUT2D eigenvalue weighted by atomic mass is 9.95. The first-order chi connectivity index (χ1) is 23.3. The fourth-order valence-electron chi connectivity index (χ4n) is 6.30. The van der Waals surface area contributed by atoms with E-state index in [4.69, 9.17) is 15.0 Å². The fraction of sp³-hybridized carbons (Fsp3) is 0. The number of benzene rings is 3. The van der Waals surface area contributed by atoms with Gasteiger partial charge in [0.25, 0.3) is 0 Å². The second-order valence-corrected chi connectivity index (χ2v) is 11.5. The van der Waals surface area contributed by atoms with E-state index in [0.717, 1.165) is 83.6 Å². The number of fused-ring (bicyclic) bond motifs is 5. The van der Waals surface area contributed by atoms with Crippen molar-refractivity contribution in [3.05, 3.63) is 158 Å². The van der Waals surface area contributed by atoms with Gasteiger partial charge in [-0.25, -0.2) is 15.0 Å². The van der Waals surface area contributed by atoms with E-state index in [9.17, 15) is 0 Å². The molecule has 9 aromatic rings. The Morgan fingerprint density at radius 2 is 1.02 bits per heavy atom. The van der Waals surface area contributed by atoms with E-state index in [1.807, 2.05) is 61.1 Å². The molecule has 0 radical (unpaired) electrons. The largest absolute Gasteiger partial charge is 0.284 e. The van der Waals surface area contributed by atoms with Crippen molar-refractivity contribution in [1.82, 2.24) is 29.3 Å². The summed E-state index contributed by atoms with van der Waals surface area (Å²) in [5.41, 5.74) is 12.7. The Morgan fingerprint density at radius 3 is 1.70 bits per heavy atom. The van der Waals surface area contributed by atoms with Gasteiger partial charge in [0.05, 0.1) is 17.1 Å². The van der Waals surface area contributed by atoms with Gasteiger partial charge >= 0.3 is 0 Å². The van der Waals surface area contributed by atoms with E-state index in [0.29, 0.717) is 0 Å². The van der Waals surface area contributed by atoms with Crippen molar-refractivity contribution in [3.8, 4) is 56.0 Å². The Morgan fingerprint density at radius 1 is 0.426 bits per heavy atom. The van der Waals surface area contributed by atoms with Crippen LogP contribution in [0.1, 0.15) is 0 Å². The molecule has 0 bridgehead atoms. The topological polar surface area (TPSA) is 68.9 Å². The van der Waals surface area contributed by atoms with Gasteiger partial charge in [-0.3, -0.25) is 14.4 Å². The van der Waals surface area contributed by atoms with Crippen molar-refractivity contribution < 1.29 is 0 Å². The summed E-state index contributed by atoms with van der Waals surface area (Å²) in [5, 5.41) is 2.17. The van der Waals surface area contributed by atoms with E-state index in [1.54, 1.807) is 12.4 Å². The smallest absolute Gasteiger partial charge is 0.165 e. The zero-order chi connectivity index (χ0) is 31.2. The summed E-state index contributed by atoms with van der Waals surface area (Å²) in [6.07, 6.45) is 9.28. The lowest BCUT2D eigenvalue weighted by molar-refractivity contribution is 1.19.